The maximum Gasteiger partial charge on any atom is 0.337 e. The topological polar surface area (TPSA) is 50.2 Å². The molecule has 1 aliphatic rings. The summed E-state index contributed by atoms with van der Waals surface area (Å²) in [6.07, 6.45) is 3.95. The van der Waals surface area contributed by atoms with Gasteiger partial charge in [-0.15, -0.1) is 0 Å². The molecule has 0 unspecified atom stereocenters. The largest absolute Gasteiger partial charge is 0.478 e. The van der Waals surface area contributed by atoms with Crippen molar-refractivity contribution < 1.29 is 9.90 Å². The van der Waals surface area contributed by atoms with Gasteiger partial charge in [0, 0.05) is 24.4 Å². The molecule has 0 amide bonds. The summed E-state index contributed by atoms with van der Waals surface area (Å²) < 4.78 is 0. The number of carbonyl (C=O) groups is 1. The normalized spacial score (nSPS) is 12.0. The first-order valence-corrected chi connectivity index (χ1v) is 5.06. The first-order valence-electron chi connectivity index (χ1n) is 5.06. The van der Waals surface area contributed by atoms with Crippen molar-refractivity contribution in [2.45, 2.75) is 6.42 Å². The maximum atomic E-state index is 11.1. The molecule has 0 saturated heterocycles. The van der Waals surface area contributed by atoms with Crippen LogP contribution in [0.4, 0.5) is 0 Å². The Hall–Kier alpha value is -2.16. The van der Waals surface area contributed by atoms with Crippen LogP contribution in [0.1, 0.15) is 21.5 Å². The van der Waals surface area contributed by atoms with Gasteiger partial charge in [0.2, 0.25) is 0 Å². The molecule has 2 aromatic rings. The minimum Gasteiger partial charge on any atom is -0.478 e. The standard InChI is InChI=1S/C13H9NO2/c15-13(16)11-7-14-6-9-5-8-3-1-2-4-10(8)12(9)11/h1-4,6-7H,5H2,(H,15,16). The molecule has 0 saturated carbocycles. The molecule has 3 nitrogen and oxygen atoms in total. The number of hydrogen-bond donors (Lipinski definition) is 1. The number of hydrogen-bond acceptors (Lipinski definition) is 2. The zero-order valence-electron chi connectivity index (χ0n) is 8.47. The van der Waals surface area contributed by atoms with Crippen LogP contribution < -0.4 is 0 Å². The number of aromatic nitrogens is 1. The fourth-order valence-corrected chi connectivity index (χ4v) is 2.24. The molecule has 78 valence electrons. The molecule has 1 aromatic heterocycles. The van der Waals surface area contributed by atoms with Gasteiger partial charge in [0.05, 0.1) is 5.56 Å². The van der Waals surface area contributed by atoms with Crippen LogP contribution in [-0.2, 0) is 6.42 Å². The Kier molecular flexibility index (Phi) is 1.80. The third kappa shape index (κ3) is 1.15. The second-order valence-corrected chi connectivity index (χ2v) is 3.86. The molecule has 0 radical (unpaired) electrons. The van der Waals surface area contributed by atoms with E-state index in [1.165, 1.54) is 11.8 Å². The monoisotopic (exact) mass is 211 g/mol. The second-order valence-electron chi connectivity index (χ2n) is 3.86. The van der Waals surface area contributed by atoms with E-state index in [2.05, 4.69) is 4.98 Å². The minimum absolute atomic E-state index is 0.294. The second kappa shape index (κ2) is 3.17. The van der Waals surface area contributed by atoms with E-state index in [4.69, 9.17) is 5.11 Å². The first-order chi connectivity index (χ1) is 7.77. The van der Waals surface area contributed by atoms with Crippen LogP contribution in [0, 0.1) is 0 Å². The summed E-state index contributed by atoms with van der Waals surface area (Å²) in [6.45, 7) is 0. The van der Waals surface area contributed by atoms with Crippen molar-refractivity contribution in [2.75, 3.05) is 0 Å². The molecule has 3 heteroatoms. The Balaban J connectivity index is 2.33. The predicted octanol–water partition coefficient (Wildman–Crippen LogP) is 2.35. The van der Waals surface area contributed by atoms with Gasteiger partial charge < -0.3 is 5.11 Å². The van der Waals surface area contributed by atoms with Crippen molar-refractivity contribution in [2.24, 2.45) is 0 Å². The molecular weight excluding hydrogens is 202 g/mol. The van der Waals surface area contributed by atoms with Gasteiger partial charge in [-0.3, -0.25) is 4.98 Å². The van der Waals surface area contributed by atoms with E-state index in [0.717, 1.165) is 23.1 Å². The van der Waals surface area contributed by atoms with Crippen molar-refractivity contribution in [1.29, 1.82) is 0 Å². The van der Waals surface area contributed by atoms with E-state index in [0.29, 0.717) is 5.56 Å². The number of fused-ring (bicyclic) bond motifs is 3. The van der Waals surface area contributed by atoms with E-state index in [-0.39, 0.29) is 0 Å². The minimum atomic E-state index is -0.916. The molecule has 0 spiro atoms. The van der Waals surface area contributed by atoms with Crippen molar-refractivity contribution in [3.63, 3.8) is 0 Å². The van der Waals surface area contributed by atoms with Gasteiger partial charge in [-0.25, -0.2) is 4.79 Å². The van der Waals surface area contributed by atoms with Gasteiger partial charge in [-0.1, -0.05) is 24.3 Å². The molecule has 0 fully saturated rings. The molecule has 0 aliphatic heterocycles. The lowest BCUT2D eigenvalue weighted by atomic mass is 10.0. The highest BCUT2D eigenvalue weighted by Gasteiger charge is 2.23. The van der Waals surface area contributed by atoms with E-state index in [9.17, 15) is 4.79 Å². The highest BCUT2D eigenvalue weighted by Crippen LogP contribution is 2.37. The maximum absolute atomic E-state index is 11.1. The number of aromatic carboxylic acids is 1. The molecular formula is C13H9NO2. The summed E-state index contributed by atoms with van der Waals surface area (Å²) in [4.78, 5) is 15.1. The summed E-state index contributed by atoms with van der Waals surface area (Å²) >= 11 is 0. The summed E-state index contributed by atoms with van der Waals surface area (Å²) in [5, 5.41) is 9.13. The Morgan fingerprint density at radius 1 is 1.19 bits per heavy atom. The van der Waals surface area contributed by atoms with Crippen molar-refractivity contribution in [3.8, 4) is 11.1 Å². The lowest BCUT2D eigenvalue weighted by molar-refractivity contribution is 0.0697. The molecule has 3 rings (SSSR count). The van der Waals surface area contributed by atoms with Gasteiger partial charge in [-0.05, 0) is 16.7 Å². The lowest BCUT2D eigenvalue weighted by Crippen LogP contribution is -2.00. The Bertz CT molecular complexity index is 590. The van der Waals surface area contributed by atoms with Crippen LogP contribution in [0.25, 0.3) is 11.1 Å². The number of carboxylic acids is 1. The smallest absolute Gasteiger partial charge is 0.337 e. The number of benzene rings is 1. The Morgan fingerprint density at radius 2 is 2.00 bits per heavy atom. The average molecular weight is 211 g/mol. The predicted molar refractivity (Wildman–Crippen MR) is 59.4 cm³/mol. The zero-order chi connectivity index (χ0) is 11.1. The molecule has 1 heterocycles. The van der Waals surface area contributed by atoms with E-state index < -0.39 is 5.97 Å². The lowest BCUT2D eigenvalue weighted by Gasteiger charge is -2.04. The Labute approximate surface area is 92.4 Å². The third-order valence-corrected chi connectivity index (χ3v) is 2.92. The number of rotatable bonds is 1. The van der Waals surface area contributed by atoms with Crippen LogP contribution in [0.3, 0.4) is 0 Å². The summed E-state index contributed by atoms with van der Waals surface area (Å²) in [5.74, 6) is -0.916. The van der Waals surface area contributed by atoms with Gasteiger partial charge in [-0.2, -0.15) is 0 Å². The quantitative estimate of drug-likeness (QED) is 0.672. The zero-order valence-corrected chi connectivity index (χ0v) is 8.47. The van der Waals surface area contributed by atoms with Gasteiger partial charge in [0.1, 0.15) is 0 Å². The van der Waals surface area contributed by atoms with Crippen molar-refractivity contribution in [1.82, 2.24) is 4.98 Å². The molecule has 16 heavy (non-hydrogen) atoms. The van der Waals surface area contributed by atoms with Gasteiger partial charge >= 0.3 is 5.97 Å². The number of carboxylic acid groups (broad SMARTS) is 1. The molecule has 1 aliphatic carbocycles. The van der Waals surface area contributed by atoms with Gasteiger partial charge in [0.15, 0.2) is 0 Å². The van der Waals surface area contributed by atoms with Crippen LogP contribution in [0.5, 0.6) is 0 Å². The van der Waals surface area contributed by atoms with Crippen LogP contribution in [-0.4, -0.2) is 16.1 Å². The summed E-state index contributed by atoms with van der Waals surface area (Å²) in [7, 11) is 0. The Morgan fingerprint density at radius 3 is 2.81 bits per heavy atom. The van der Waals surface area contributed by atoms with Crippen LogP contribution in [0.15, 0.2) is 36.7 Å². The summed E-state index contributed by atoms with van der Waals surface area (Å²) in [6, 6.07) is 7.90. The fourth-order valence-electron chi connectivity index (χ4n) is 2.24. The highest BCUT2D eigenvalue weighted by molar-refractivity contribution is 5.98. The summed E-state index contributed by atoms with van der Waals surface area (Å²) in [5.41, 5.74) is 4.33. The van der Waals surface area contributed by atoms with Crippen molar-refractivity contribution in [3.05, 3.63) is 53.3 Å². The molecule has 1 aromatic carbocycles. The highest BCUT2D eigenvalue weighted by atomic mass is 16.4. The fraction of sp³-hybridized carbons (Fsp3) is 0.0769. The molecule has 0 atom stereocenters. The van der Waals surface area contributed by atoms with Gasteiger partial charge in [0.25, 0.3) is 0 Å². The SMILES string of the molecule is O=C(O)c1cncc2c1-c1ccccc1C2. The van der Waals surface area contributed by atoms with Crippen LogP contribution >= 0.6 is 0 Å². The van der Waals surface area contributed by atoms with E-state index >= 15 is 0 Å². The van der Waals surface area contributed by atoms with Crippen LogP contribution in [0.2, 0.25) is 0 Å². The molecule has 1 N–H and O–H groups in total. The first kappa shape index (κ1) is 9.09. The number of nitrogens with zero attached hydrogens (tertiary/aromatic N) is 1. The van der Waals surface area contributed by atoms with E-state index in [1.54, 1.807) is 6.20 Å². The van der Waals surface area contributed by atoms with Crippen molar-refractivity contribution >= 4 is 5.97 Å². The average Bonchev–Trinajstić information content (AvgIpc) is 2.66. The molecule has 0 bridgehead atoms. The third-order valence-electron chi connectivity index (χ3n) is 2.92. The van der Waals surface area contributed by atoms with E-state index in [1.807, 2.05) is 24.3 Å². The number of pyridine rings is 1.